The smallest absolute Gasteiger partial charge is 0.163 e. The van der Waals surface area contributed by atoms with Crippen molar-refractivity contribution in [3.8, 4) is 11.5 Å². The first-order chi connectivity index (χ1) is 11.6. The van der Waals surface area contributed by atoms with Gasteiger partial charge in [-0.05, 0) is 18.9 Å². The molecule has 0 spiro atoms. The van der Waals surface area contributed by atoms with Crippen LogP contribution in [0.25, 0.3) is 11.0 Å². The second-order valence-corrected chi connectivity index (χ2v) is 5.84. The summed E-state index contributed by atoms with van der Waals surface area (Å²) in [5.41, 5.74) is 9.31. The molecule has 5 heteroatoms. The molecule has 5 nitrogen and oxygen atoms in total. The zero-order valence-corrected chi connectivity index (χ0v) is 14.3. The number of methoxy groups -OCH3 is 2. The summed E-state index contributed by atoms with van der Waals surface area (Å²) in [5.74, 6) is 2.24. The van der Waals surface area contributed by atoms with E-state index in [0.717, 1.165) is 29.8 Å². The largest absolute Gasteiger partial charge is 0.493 e. The lowest BCUT2D eigenvalue weighted by atomic mass is 10.1. The van der Waals surface area contributed by atoms with Gasteiger partial charge in [-0.3, -0.25) is 0 Å². The predicted molar refractivity (Wildman–Crippen MR) is 95.6 cm³/mol. The summed E-state index contributed by atoms with van der Waals surface area (Å²) in [5, 5.41) is 0. The van der Waals surface area contributed by atoms with Gasteiger partial charge in [-0.15, -0.1) is 0 Å². The Balaban J connectivity index is 2.04. The summed E-state index contributed by atoms with van der Waals surface area (Å²) in [7, 11) is 3.27. The molecule has 0 radical (unpaired) electrons. The van der Waals surface area contributed by atoms with Crippen molar-refractivity contribution in [2.75, 3.05) is 14.2 Å². The summed E-state index contributed by atoms with van der Waals surface area (Å²) in [6.45, 7) is 2.77. The zero-order valence-electron chi connectivity index (χ0n) is 14.3. The molecule has 0 aliphatic rings. The topological polar surface area (TPSA) is 62.3 Å². The van der Waals surface area contributed by atoms with Crippen LogP contribution in [0, 0.1) is 0 Å². The SMILES string of the molecule is COc1cc2nc(C(C)N)n(CCc3ccccc3)c2cc1OC. The highest BCUT2D eigenvalue weighted by Gasteiger charge is 2.17. The van der Waals surface area contributed by atoms with Crippen LogP contribution in [-0.4, -0.2) is 23.8 Å². The zero-order chi connectivity index (χ0) is 17.1. The third-order valence-electron chi connectivity index (χ3n) is 4.16. The van der Waals surface area contributed by atoms with Gasteiger partial charge in [0.2, 0.25) is 0 Å². The standard InChI is InChI=1S/C19H23N3O2/c1-13(20)19-21-15-11-17(23-2)18(24-3)12-16(15)22(19)10-9-14-7-5-4-6-8-14/h4-8,11-13H,9-10,20H2,1-3H3. The summed E-state index contributed by atoms with van der Waals surface area (Å²) in [6.07, 6.45) is 0.917. The van der Waals surface area contributed by atoms with Crippen LogP contribution in [0.2, 0.25) is 0 Å². The quantitative estimate of drug-likeness (QED) is 0.755. The monoisotopic (exact) mass is 325 g/mol. The molecular weight excluding hydrogens is 302 g/mol. The normalized spacial score (nSPS) is 12.3. The lowest BCUT2D eigenvalue weighted by Gasteiger charge is -2.12. The first-order valence-electron chi connectivity index (χ1n) is 8.05. The van der Waals surface area contributed by atoms with Gasteiger partial charge in [0.25, 0.3) is 0 Å². The summed E-state index contributed by atoms with van der Waals surface area (Å²) in [4.78, 5) is 4.71. The molecule has 1 atom stereocenters. The van der Waals surface area contributed by atoms with Crippen LogP contribution in [0.4, 0.5) is 0 Å². The van der Waals surface area contributed by atoms with Crippen LogP contribution >= 0.6 is 0 Å². The Bertz CT molecular complexity index is 825. The van der Waals surface area contributed by atoms with E-state index < -0.39 is 0 Å². The minimum absolute atomic E-state index is 0.148. The molecule has 1 heterocycles. The second kappa shape index (κ2) is 6.93. The first-order valence-corrected chi connectivity index (χ1v) is 8.05. The van der Waals surface area contributed by atoms with Crippen molar-refractivity contribution < 1.29 is 9.47 Å². The first kappa shape index (κ1) is 16.3. The van der Waals surface area contributed by atoms with E-state index in [-0.39, 0.29) is 6.04 Å². The molecule has 0 fully saturated rings. The minimum atomic E-state index is -0.148. The second-order valence-electron chi connectivity index (χ2n) is 5.84. The van der Waals surface area contributed by atoms with Gasteiger partial charge in [-0.2, -0.15) is 0 Å². The molecule has 0 saturated carbocycles. The summed E-state index contributed by atoms with van der Waals surface area (Å²) >= 11 is 0. The van der Waals surface area contributed by atoms with Crippen LogP contribution in [0.15, 0.2) is 42.5 Å². The van der Waals surface area contributed by atoms with Crippen molar-refractivity contribution in [2.45, 2.75) is 25.9 Å². The van der Waals surface area contributed by atoms with Gasteiger partial charge in [0, 0.05) is 18.7 Å². The van der Waals surface area contributed by atoms with Crippen LogP contribution in [0.3, 0.4) is 0 Å². The maximum absolute atomic E-state index is 6.14. The van der Waals surface area contributed by atoms with Gasteiger partial charge in [0.15, 0.2) is 11.5 Å². The van der Waals surface area contributed by atoms with E-state index >= 15 is 0 Å². The number of nitrogens with two attached hydrogens (primary N) is 1. The molecule has 0 amide bonds. The third kappa shape index (κ3) is 3.08. The molecule has 3 aromatic rings. The highest BCUT2D eigenvalue weighted by molar-refractivity contribution is 5.80. The minimum Gasteiger partial charge on any atom is -0.493 e. The van der Waals surface area contributed by atoms with Crippen LogP contribution in [0.5, 0.6) is 11.5 Å². The van der Waals surface area contributed by atoms with Gasteiger partial charge in [-0.1, -0.05) is 30.3 Å². The molecule has 24 heavy (non-hydrogen) atoms. The van der Waals surface area contributed by atoms with E-state index in [9.17, 15) is 0 Å². The third-order valence-corrected chi connectivity index (χ3v) is 4.16. The molecule has 1 aromatic heterocycles. The number of aryl methyl sites for hydroxylation is 2. The van der Waals surface area contributed by atoms with E-state index in [2.05, 4.69) is 28.8 Å². The number of fused-ring (bicyclic) bond motifs is 1. The number of nitrogens with zero attached hydrogens (tertiary/aromatic N) is 2. The fourth-order valence-corrected chi connectivity index (χ4v) is 2.94. The number of aromatic nitrogens is 2. The average Bonchev–Trinajstić information content (AvgIpc) is 2.97. The van der Waals surface area contributed by atoms with Crippen molar-refractivity contribution in [3.05, 3.63) is 53.9 Å². The predicted octanol–water partition coefficient (Wildman–Crippen LogP) is 3.32. The van der Waals surface area contributed by atoms with Gasteiger partial charge in [0.1, 0.15) is 5.82 Å². The number of ether oxygens (including phenoxy) is 2. The number of benzene rings is 2. The van der Waals surface area contributed by atoms with Gasteiger partial charge < -0.3 is 19.8 Å². The number of rotatable bonds is 6. The average molecular weight is 325 g/mol. The lowest BCUT2D eigenvalue weighted by Crippen LogP contribution is -2.14. The number of imidazole rings is 1. The van der Waals surface area contributed by atoms with Gasteiger partial charge in [-0.25, -0.2) is 4.98 Å². The lowest BCUT2D eigenvalue weighted by molar-refractivity contribution is 0.355. The van der Waals surface area contributed by atoms with Crippen molar-refractivity contribution >= 4 is 11.0 Å². The fourth-order valence-electron chi connectivity index (χ4n) is 2.94. The highest BCUT2D eigenvalue weighted by Crippen LogP contribution is 2.33. The summed E-state index contributed by atoms with van der Waals surface area (Å²) < 4.78 is 13.0. The van der Waals surface area contributed by atoms with Crippen molar-refractivity contribution in [2.24, 2.45) is 5.73 Å². The van der Waals surface area contributed by atoms with E-state index in [1.54, 1.807) is 14.2 Å². The molecule has 0 bridgehead atoms. The van der Waals surface area contributed by atoms with Gasteiger partial charge in [0.05, 0.1) is 31.3 Å². The number of hydrogen-bond acceptors (Lipinski definition) is 4. The maximum atomic E-state index is 6.14. The Hall–Kier alpha value is -2.53. The Morgan fingerprint density at radius 3 is 2.38 bits per heavy atom. The molecule has 0 aliphatic heterocycles. The van der Waals surface area contributed by atoms with E-state index in [4.69, 9.17) is 20.2 Å². The van der Waals surface area contributed by atoms with E-state index in [1.807, 2.05) is 25.1 Å². The van der Waals surface area contributed by atoms with Gasteiger partial charge >= 0.3 is 0 Å². The Labute approximate surface area is 142 Å². The van der Waals surface area contributed by atoms with Crippen LogP contribution in [-0.2, 0) is 13.0 Å². The van der Waals surface area contributed by atoms with Crippen LogP contribution < -0.4 is 15.2 Å². The Morgan fingerprint density at radius 1 is 1.08 bits per heavy atom. The van der Waals surface area contributed by atoms with Crippen molar-refractivity contribution in [1.29, 1.82) is 0 Å². The molecule has 2 N–H and O–H groups in total. The van der Waals surface area contributed by atoms with E-state index in [0.29, 0.717) is 11.5 Å². The van der Waals surface area contributed by atoms with Crippen LogP contribution in [0.1, 0.15) is 24.4 Å². The highest BCUT2D eigenvalue weighted by atomic mass is 16.5. The molecule has 0 aliphatic carbocycles. The molecule has 126 valence electrons. The fraction of sp³-hybridized carbons (Fsp3) is 0.316. The molecule has 3 rings (SSSR count). The summed E-state index contributed by atoms with van der Waals surface area (Å²) in [6, 6.07) is 14.1. The Morgan fingerprint density at radius 2 is 1.75 bits per heavy atom. The van der Waals surface area contributed by atoms with E-state index in [1.165, 1.54) is 5.56 Å². The number of hydrogen-bond donors (Lipinski definition) is 1. The maximum Gasteiger partial charge on any atom is 0.163 e. The van der Waals surface area contributed by atoms with Crippen molar-refractivity contribution in [3.63, 3.8) is 0 Å². The Kier molecular flexibility index (Phi) is 4.71. The molecular formula is C19H23N3O2. The molecule has 0 saturated heterocycles. The molecule has 1 unspecified atom stereocenters. The molecule has 2 aromatic carbocycles. The van der Waals surface area contributed by atoms with Crippen molar-refractivity contribution in [1.82, 2.24) is 9.55 Å².